The van der Waals surface area contributed by atoms with Gasteiger partial charge in [-0.2, -0.15) is 15.0 Å². The number of anilines is 2. The number of hydrogen-bond donors (Lipinski definition) is 5. The third kappa shape index (κ3) is 13.5. The van der Waals surface area contributed by atoms with Crippen LogP contribution < -0.4 is 27.0 Å². The van der Waals surface area contributed by atoms with Crippen LogP contribution in [0, 0.1) is 17.3 Å². The minimum absolute atomic E-state index is 0.0823. The van der Waals surface area contributed by atoms with E-state index in [-0.39, 0.29) is 23.1 Å². The van der Waals surface area contributed by atoms with Crippen LogP contribution in [0.5, 0.6) is 0 Å². The number of nitrogens with two attached hydrogens (primary N) is 1. The number of ketones is 1. The van der Waals surface area contributed by atoms with Gasteiger partial charge in [0.1, 0.15) is 6.04 Å². The molecule has 242 valence electrons. The molecule has 0 aromatic carbocycles. The van der Waals surface area contributed by atoms with Crippen molar-refractivity contribution in [2.24, 2.45) is 23.0 Å². The van der Waals surface area contributed by atoms with E-state index in [1.54, 1.807) is 0 Å². The molecule has 0 radical (unpaired) electrons. The summed E-state index contributed by atoms with van der Waals surface area (Å²) in [5.74, 6) is 1.90. The van der Waals surface area contributed by atoms with Gasteiger partial charge in [0.25, 0.3) is 0 Å². The number of nitrogens with zero attached hydrogens (tertiary/aromatic N) is 3. The number of rotatable bonds is 22. The van der Waals surface area contributed by atoms with Gasteiger partial charge in [0.15, 0.2) is 10.9 Å². The Kier molecular flexibility index (Phi) is 16.9. The highest BCUT2D eigenvalue weighted by atomic mass is 32.2. The molecular formula is C31H60N8O2S. The van der Waals surface area contributed by atoms with Crippen LogP contribution in [-0.4, -0.2) is 69.7 Å². The Labute approximate surface area is 259 Å². The molecular weight excluding hydrogens is 548 g/mol. The first-order chi connectivity index (χ1) is 19.7. The maximum atomic E-state index is 13.5. The lowest BCUT2D eigenvalue weighted by Gasteiger charge is -2.29. The maximum Gasteiger partial charge on any atom is 0.242 e. The van der Waals surface area contributed by atoms with Gasteiger partial charge in [-0.05, 0) is 63.8 Å². The number of carbonyl (C=O) groups is 2. The number of carbonyl (C=O) groups excluding carboxylic acids is 2. The van der Waals surface area contributed by atoms with Gasteiger partial charge in [-0.15, -0.1) is 0 Å². The van der Waals surface area contributed by atoms with Crippen molar-refractivity contribution in [3.05, 3.63) is 0 Å². The van der Waals surface area contributed by atoms with E-state index in [1.165, 1.54) is 11.8 Å². The third-order valence-electron chi connectivity index (χ3n) is 7.93. The van der Waals surface area contributed by atoms with E-state index in [0.29, 0.717) is 54.7 Å². The van der Waals surface area contributed by atoms with Gasteiger partial charge in [0.05, 0.1) is 6.04 Å². The summed E-state index contributed by atoms with van der Waals surface area (Å²) in [5.41, 5.74) is 5.40. The highest BCUT2D eigenvalue weighted by Gasteiger charge is 2.33. The molecule has 2 unspecified atom stereocenters. The smallest absolute Gasteiger partial charge is 0.242 e. The monoisotopic (exact) mass is 608 g/mol. The Morgan fingerprint density at radius 3 is 1.88 bits per heavy atom. The van der Waals surface area contributed by atoms with Crippen molar-refractivity contribution in [3.8, 4) is 0 Å². The van der Waals surface area contributed by atoms with Crippen molar-refractivity contribution in [1.82, 2.24) is 25.6 Å². The summed E-state index contributed by atoms with van der Waals surface area (Å²) >= 11 is 1.42. The predicted octanol–water partition coefficient (Wildman–Crippen LogP) is 5.26. The SMILES string of the molecule is CCC(C)(CC)NCCCNC(=O)C(CC(C)C)Nc1nc(NC(CC(C)C)C(=O)C(C)(C)CC)nc(SCCN)n1. The van der Waals surface area contributed by atoms with Crippen LogP contribution in [0.1, 0.15) is 108 Å². The van der Waals surface area contributed by atoms with E-state index in [4.69, 9.17) is 5.73 Å². The molecule has 0 spiro atoms. The van der Waals surface area contributed by atoms with Gasteiger partial charge >= 0.3 is 0 Å². The van der Waals surface area contributed by atoms with Crippen molar-refractivity contribution >= 4 is 35.3 Å². The zero-order valence-corrected chi connectivity index (χ0v) is 28.8. The van der Waals surface area contributed by atoms with Crippen LogP contribution in [0.3, 0.4) is 0 Å². The highest BCUT2D eigenvalue weighted by molar-refractivity contribution is 7.99. The lowest BCUT2D eigenvalue weighted by atomic mass is 9.80. The molecule has 0 aliphatic rings. The van der Waals surface area contributed by atoms with E-state index >= 15 is 0 Å². The van der Waals surface area contributed by atoms with E-state index < -0.39 is 17.5 Å². The lowest BCUT2D eigenvalue weighted by Crippen LogP contribution is -2.44. The van der Waals surface area contributed by atoms with Gasteiger partial charge in [0.2, 0.25) is 17.8 Å². The van der Waals surface area contributed by atoms with Crippen molar-refractivity contribution < 1.29 is 9.59 Å². The van der Waals surface area contributed by atoms with Crippen LogP contribution in [0.15, 0.2) is 5.16 Å². The van der Waals surface area contributed by atoms with Crippen LogP contribution in [0.4, 0.5) is 11.9 Å². The van der Waals surface area contributed by atoms with Gasteiger partial charge in [0, 0.05) is 29.8 Å². The molecule has 1 heterocycles. The molecule has 0 fully saturated rings. The number of nitrogens with one attached hydrogen (secondary N) is 4. The average molecular weight is 609 g/mol. The van der Waals surface area contributed by atoms with Crippen LogP contribution >= 0.6 is 11.8 Å². The van der Waals surface area contributed by atoms with Gasteiger partial charge in [-0.25, -0.2) is 0 Å². The molecule has 1 aromatic heterocycles. The summed E-state index contributed by atoms with van der Waals surface area (Å²) in [5, 5.41) is 13.8. The fourth-order valence-electron chi connectivity index (χ4n) is 4.38. The van der Waals surface area contributed by atoms with Crippen LogP contribution in [0.2, 0.25) is 0 Å². The van der Waals surface area contributed by atoms with Crippen LogP contribution in [-0.2, 0) is 9.59 Å². The van der Waals surface area contributed by atoms with Gasteiger partial charge < -0.3 is 27.0 Å². The molecule has 6 N–H and O–H groups in total. The fourth-order valence-corrected chi connectivity index (χ4v) is 4.98. The molecule has 0 saturated heterocycles. The Balaban J connectivity index is 3.14. The molecule has 42 heavy (non-hydrogen) atoms. The Morgan fingerprint density at radius 1 is 0.833 bits per heavy atom. The average Bonchev–Trinajstić information content (AvgIpc) is 2.93. The standard InChI is InChI=1S/C31H60N8O2S/c1-11-30(8,9)25(40)23(19-21(4)5)35-27-37-28(39-29(38-27)42-18-15-32)36-24(20-22(6)7)26(41)33-16-14-17-34-31(10,12-2)13-3/h21-24,34H,11-20,32H2,1-10H3,(H,33,41)(H2,35,36,37,38,39). The fraction of sp³-hybridized carbons (Fsp3) is 0.839. The summed E-state index contributed by atoms with van der Waals surface area (Å²) in [6, 6.07) is -0.947. The second kappa shape index (κ2) is 18.6. The number of Topliss-reactive ketones (excluding diaryl/α,β-unsaturated/α-hetero) is 1. The minimum atomic E-state index is -0.510. The molecule has 11 heteroatoms. The Bertz CT molecular complexity index is 953. The van der Waals surface area contributed by atoms with Crippen molar-refractivity contribution in [2.75, 3.05) is 36.0 Å². The molecule has 1 aromatic rings. The highest BCUT2D eigenvalue weighted by Crippen LogP contribution is 2.27. The zero-order valence-electron chi connectivity index (χ0n) is 28.0. The number of thioether (sulfide) groups is 1. The molecule has 0 saturated carbocycles. The molecule has 1 rings (SSSR count). The van der Waals surface area contributed by atoms with E-state index in [9.17, 15) is 9.59 Å². The zero-order chi connectivity index (χ0) is 31.9. The normalized spacial score (nSPS) is 13.7. The number of amides is 1. The van der Waals surface area contributed by atoms with E-state index in [1.807, 2.05) is 20.8 Å². The quantitative estimate of drug-likeness (QED) is 0.0873. The third-order valence-corrected chi connectivity index (χ3v) is 8.81. The van der Waals surface area contributed by atoms with Crippen LogP contribution in [0.25, 0.3) is 0 Å². The summed E-state index contributed by atoms with van der Waals surface area (Å²) < 4.78 is 0. The minimum Gasteiger partial charge on any atom is -0.354 e. The van der Waals surface area contributed by atoms with E-state index in [2.05, 4.69) is 84.7 Å². The molecule has 2 atom stereocenters. The van der Waals surface area contributed by atoms with Crippen molar-refractivity contribution in [3.63, 3.8) is 0 Å². The largest absolute Gasteiger partial charge is 0.354 e. The van der Waals surface area contributed by atoms with Crippen molar-refractivity contribution in [1.29, 1.82) is 0 Å². The number of hydrogen-bond acceptors (Lipinski definition) is 10. The first-order valence-electron chi connectivity index (χ1n) is 15.9. The summed E-state index contributed by atoms with van der Waals surface area (Å²) in [4.78, 5) is 40.6. The second-order valence-corrected chi connectivity index (χ2v) is 14.1. The van der Waals surface area contributed by atoms with Gasteiger partial charge in [-0.1, -0.05) is 74.1 Å². The molecule has 1 amide bonds. The molecule has 0 bridgehead atoms. The topological polar surface area (TPSA) is 147 Å². The first kappa shape index (κ1) is 38.0. The van der Waals surface area contributed by atoms with Crippen molar-refractivity contribution in [2.45, 2.75) is 131 Å². The summed E-state index contributed by atoms with van der Waals surface area (Å²) in [6.07, 6.45) is 4.98. The van der Waals surface area contributed by atoms with Gasteiger partial charge in [-0.3, -0.25) is 9.59 Å². The summed E-state index contributed by atoms with van der Waals surface area (Å²) in [6.45, 7) is 22.9. The molecule has 10 nitrogen and oxygen atoms in total. The second-order valence-electron chi connectivity index (χ2n) is 13.0. The molecule has 0 aliphatic carbocycles. The lowest BCUT2D eigenvalue weighted by molar-refractivity contribution is -0.128. The Hall–Kier alpha value is -1.98. The maximum absolute atomic E-state index is 13.5. The predicted molar refractivity (Wildman–Crippen MR) is 177 cm³/mol. The number of aromatic nitrogens is 3. The first-order valence-corrected chi connectivity index (χ1v) is 16.9. The summed E-state index contributed by atoms with van der Waals surface area (Å²) in [7, 11) is 0. The van der Waals surface area contributed by atoms with E-state index in [0.717, 1.165) is 32.2 Å². The molecule has 0 aliphatic heterocycles. The Morgan fingerprint density at radius 2 is 1.38 bits per heavy atom.